The number of fused-ring (bicyclic) bond motifs is 4. The van der Waals surface area contributed by atoms with E-state index in [4.69, 9.17) is 23.7 Å². The zero-order chi connectivity index (χ0) is 31.6. The summed E-state index contributed by atoms with van der Waals surface area (Å²) in [5.74, 6) is 1.34. The molecule has 0 bridgehead atoms. The van der Waals surface area contributed by atoms with Gasteiger partial charge in [0.15, 0.2) is 12.6 Å². The Morgan fingerprint density at radius 2 is 1.73 bits per heavy atom. The Hall–Kier alpha value is -0.810. The Morgan fingerprint density at radius 3 is 2.43 bits per heavy atom. The van der Waals surface area contributed by atoms with E-state index in [0.29, 0.717) is 24.4 Å². The summed E-state index contributed by atoms with van der Waals surface area (Å²) >= 11 is 0. The average molecular weight is 621 g/mol. The van der Waals surface area contributed by atoms with Crippen LogP contribution in [0.1, 0.15) is 99.8 Å². The highest BCUT2D eigenvalue weighted by Crippen LogP contribution is 2.89. The van der Waals surface area contributed by atoms with E-state index < -0.39 is 24.6 Å². The second-order valence-electron chi connectivity index (χ2n) is 17.0. The van der Waals surface area contributed by atoms with Gasteiger partial charge in [-0.05, 0) is 96.7 Å². The van der Waals surface area contributed by atoms with Gasteiger partial charge >= 0.3 is 5.97 Å². The summed E-state index contributed by atoms with van der Waals surface area (Å²) in [5.41, 5.74) is 0.126. The second-order valence-corrected chi connectivity index (χ2v) is 17.0. The molecule has 7 aliphatic rings. The molecule has 2 saturated heterocycles. The molecule has 2 heterocycles. The van der Waals surface area contributed by atoms with Crippen molar-refractivity contribution in [1.29, 1.82) is 0 Å². The van der Waals surface area contributed by atoms with Gasteiger partial charge in [0.1, 0.15) is 24.4 Å². The number of esters is 1. The number of hydrogen-bond donors (Lipinski definition) is 3. The van der Waals surface area contributed by atoms with E-state index in [9.17, 15) is 20.1 Å². The summed E-state index contributed by atoms with van der Waals surface area (Å²) in [7, 11) is 0. The number of hydrogen-bond acceptors (Lipinski definition) is 9. The molecule has 0 radical (unpaired) electrons. The topological polar surface area (TPSA) is 124 Å². The van der Waals surface area contributed by atoms with Gasteiger partial charge in [-0.25, -0.2) is 0 Å². The van der Waals surface area contributed by atoms with Crippen molar-refractivity contribution in [2.24, 2.45) is 50.7 Å². The summed E-state index contributed by atoms with van der Waals surface area (Å²) in [6, 6.07) is 0. The molecule has 250 valence electrons. The van der Waals surface area contributed by atoms with Crippen molar-refractivity contribution in [3.05, 3.63) is 0 Å². The fraction of sp³-hybridized carbons (Fsp3) is 0.971. The quantitative estimate of drug-likeness (QED) is 0.307. The Morgan fingerprint density at radius 1 is 0.977 bits per heavy atom. The number of aliphatic hydroxyl groups excluding tert-OH is 3. The highest BCUT2D eigenvalue weighted by Gasteiger charge is 2.85. The third-order valence-electron chi connectivity index (χ3n) is 14.9. The molecule has 0 aromatic carbocycles. The van der Waals surface area contributed by atoms with Gasteiger partial charge in [0, 0.05) is 25.9 Å². The molecule has 0 aromatic heterocycles. The molecule has 44 heavy (non-hydrogen) atoms. The predicted molar refractivity (Wildman–Crippen MR) is 160 cm³/mol. The molecule has 9 heteroatoms. The molecule has 9 nitrogen and oxygen atoms in total. The van der Waals surface area contributed by atoms with Crippen LogP contribution in [0.4, 0.5) is 0 Å². The number of aliphatic hydroxyl groups is 3. The lowest BCUT2D eigenvalue weighted by atomic mass is 9.41. The van der Waals surface area contributed by atoms with E-state index in [0.717, 1.165) is 38.5 Å². The van der Waals surface area contributed by atoms with Crippen LogP contribution in [0.2, 0.25) is 0 Å². The van der Waals surface area contributed by atoms with Gasteiger partial charge in [0.05, 0.1) is 18.8 Å². The van der Waals surface area contributed by atoms with Crippen LogP contribution in [0.3, 0.4) is 0 Å². The Kier molecular flexibility index (Phi) is 7.47. The normalized spacial score (nSPS) is 57.2. The van der Waals surface area contributed by atoms with Crippen molar-refractivity contribution in [2.75, 3.05) is 13.2 Å². The molecular formula is C35H56O9. The molecular weight excluding hydrogens is 564 g/mol. The van der Waals surface area contributed by atoms with Crippen molar-refractivity contribution >= 4 is 5.97 Å². The largest absolute Gasteiger partial charge is 0.462 e. The van der Waals surface area contributed by atoms with Crippen LogP contribution in [-0.4, -0.2) is 83.7 Å². The fourth-order valence-electron chi connectivity index (χ4n) is 13.2. The van der Waals surface area contributed by atoms with Crippen molar-refractivity contribution in [3.8, 4) is 0 Å². The number of rotatable bonds is 5. The van der Waals surface area contributed by atoms with E-state index in [2.05, 4.69) is 34.6 Å². The van der Waals surface area contributed by atoms with Crippen LogP contribution >= 0.6 is 0 Å². The van der Waals surface area contributed by atoms with E-state index in [-0.39, 0.29) is 70.2 Å². The maximum Gasteiger partial charge on any atom is 0.302 e. The smallest absolute Gasteiger partial charge is 0.302 e. The Labute approximate surface area is 262 Å². The first-order valence-electron chi connectivity index (χ1n) is 17.4. The lowest BCUT2D eigenvalue weighted by molar-refractivity contribution is -0.307. The van der Waals surface area contributed by atoms with Crippen molar-refractivity contribution < 1.29 is 43.8 Å². The molecule has 2 aliphatic heterocycles. The first-order chi connectivity index (χ1) is 20.6. The van der Waals surface area contributed by atoms with Crippen molar-refractivity contribution in [1.82, 2.24) is 0 Å². The molecule has 7 fully saturated rings. The minimum absolute atomic E-state index is 0.0668. The fourth-order valence-corrected chi connectivity index (χ4v) is 13.2. The van der Waals surface area contributed by atoms with E-state index in [1.165, 1.54) is 19.8 Å². The van der Waals surface area contributed by atoms with E-state index >= 15 is 0 Å². The monoisotopic (exact) mass is 620 g/mol. The number of carbonyl (C=O) groups is 1. The summed E-state index contributed by atoms with van der Waals surface area (Å²) in [6.45, 7) is 16.1. The molecule has 7 rings (SSSR count). The lowest BCUT2D eigenvalue weighted by Gasteiger charge is -2.64. The zero-order valence-electron chi connectivity index (χ0n) is 27.8. The molecule has 2 spiro atoms. The average Bonchev–Trinajstić information content (AvgIpc) is 3.52. The minimum Gasteiger partial charge on any atom is -0.462 e. The van der Waals surface area contributed by atoms with Gasteiger partial charge in [-0.15, -0.1) is 0 Å². The highest BCUT2D eigenvalue weighted by atomic mass is 16.7. The van der Waals surface area contributed by atoms with E-state index in [1.54, 1.807) is 0 Å². The molecule has 3 N–H and O–H groups in total. The van der Waals surface area contributed by atoms with Gasteiger partial charge in [-0.3, -0.25) is 4.79 Å². The SMILES string of the molecule is CCO[C@H]1C[C@@H](C)[C@H]2[C@H](C[C@@]3(C)[C@@H]4C[C@H](OC(C)=O)[C@H]5C(C)(C)[C@@H](O[C@@H]6OC[C@@H](O)[C@H](O)[C@H]6O)CC[C@@]56C[C@@]46CC[C@]23C)O1. The minimum atomic E-state index is -1.33. The van der Waals surface area contributed by atoms with Crippen LogP contribution in [-0.2, 0) is 28.5 Å². The summed E-state index contributed by atoms with van der Waals surface area (Å²) in [5, 5.41) is 30.9. The van der Waals surface area contributed by atoms with E-state index in [1.807, 2.05) is 6.92 Å². The number of ether oxygens (including phenoxy) is 5. The Bertz CT molecular complexity index is 1150. The summed E-state index contributed by atoms with van der Waals surface area (Å²) in [4.78, 5) is 12.7. The van der Waals surface area contributed by atoms with Crippen molar-refractivity contribution in [2.45, 2.75) is 149 Å². The van der Waals surface area contributed by atoms with Crippen molar-refractivity contribution in [3.63, 3.8) is 0 Å². The summed E-state index contributed by atoms with van der Waals surface area (Å²) < 4.78 is 31.2. The van der Waals surface area contributed by atoms with Crippen LogP contribution in [0.15, 0.2) is 0 Å². The van der Waals surface area contributed by atoms with Crippen LogP contribution < -0.4 is 0 Å². The first-order valence-corrected chi connectivity index (χ1v) is 17.4. The zero-order valence-corrected chi connectivity index (χ0v) is 27.8. The standard InChI is InChI=1S/C35H56O9/c1-8-40-25-13-18(2)26-22(43-25)15-33(7)23-14-21(42-19(3)36)29-31(4,5)24(44-30-28(39)27(38)20(37)16-41-30)9-10-35(29)17-34(23,35)12-11-32(26,33)6/h18,20-30,37-39H,8-17H2,1-7H3/t18-,20-,21+,22+,23+,24+,25-,26+,27+,28-,29+,30+,32-,33+,34+,35-/m1/s1. The predicted octanol–water partition coefficient (Wildman–Crippen LogP) is 4.19. The maximum atomic E-state index is 12.7. The molecule has 5 aliphatic carbocycles. The first kappa shape index (κ1) is 31.8. The van der Waals surface area contributed by atoms with Gasteiger partial charge < -0.3 is 39.0 Å². The van der Waals surface area contributed by atoms with Gasteiger partial charge in [-0.2, -0.15) is 0 Å². The molecule has 0 aromatic rings. The Balaban J connectivity index is 1.20. The van der Waals surface area contributed by atoms with Gasteiger partial charge in [-0.1, -0.05) is 34.6 Å². The molecule has 5 saturated carbocycles. The van der Waals surface area contributed by atoms with Crippen LogP contribution in [0.5, 0.6) is 0 Å². The molecule has 0 unspecified atom stereocenters. The maximum absolute atomic E-state index is 12.7. The van der Waals surface area contributed by atoms with Crippen LogP contribution in [0.25, 0.3) is 0 Å². The third kappa shape index (κ3) is 4.11. The molecule has 0 amide bonds. The van der Waals surface area contributed by atoms with Gasteiger partial charge in [0.2, 0.25) is 0 Å². The summed E-state index contributed by atoms with van der Waals surface area (Å²) in [6.07, 6.45) is 2.98. The highest BCUT2D eigenvalue weighted by molar-refractivity contribution is 5.66. The van der Waals surface area contributed by atoms with Gasteiger partial charge in [0.25, 0.3) is 0 Å². The molecule has 16 atom stereocenters. The second kappa shape index (κ2) is 10.3. The third-order valence-corrected chi connectivity index (χ3v) is 14.9. The lowest BCUT2D eigenvalue weighted by Crippen LogP contribution is -2.63. The van der Waals surface area contributed by atoms with Crippen LogP contribution in [0, 0.1) is 50.7 Å². The number of carbonyl (C=O) groups excluding carboxylic acids is 1.